The van der Waals surface area contributed by atoms with Gasteiger partial charge in [-0.3, -0.25) is 20.6 Å². The monoisotopic (exact) mass is 245 g/mol. The maximum atomic E-state index is 11.7. The number of hydrogen-bond acceptors (Lipinski definition) is 4. The number of carbonyl (C=O) groups is 1. The Morgan fingerprint density at radius 1 is 1.24 bits per heavy atom. The Morgan fingerprint density at radius 3 is 2.65 bits per heavy atom. The van der Waals surface area contributed by atoms with E-state index < -0.39 is 0 Å². The molecular formula is C12H11N3OS. The van der Waals surface area contributed by atoms with Crippen molar-refractivity contribution < 1.29 is 4.79 Å². The number of nitrogens with zero attached hydrogens (tertiary/aromatic N) is 1. The Bertz CT molecular complexity index is 508. The van der Waals surface area contributed by atoms with Gasteiger partial charge in [-0.05, 0) is 23.6 Å². The maximum Gasteiger partial charge on any atom is 0.269 e. The SMILES string of the molecule is C=C(NNC(=O)c1ccncc1)c1cccs1. The zero-order chi connectivity index (χ0) is 12.1. The average molecular weight is 245 g/mol. The number of hydrazine groups is 1. The van der Waals surface area contributed by atoms with E-state index in [9.17, 15) is 4.79 Å². The number of carbonyl (C=O) groups excluding carboxylic acids is 1. The van der Waals surface area contributed by atoms with E-state index in [1.54, 1.807) is 35.9 Å². The first kappa shape index (κ1) is 11.3. The molecule has 0 bridgehead atoms. The van der Waals surface area contributed by atoms with Crippen LogP contribution >= 0.6 is 11.3 Å². The van der Waals surface area contributed by atoms with Crippen molar-refractivity contribution in [1.82, 2.24) is 15.8 Å². The van der Waals surface area contributed by atoms with E-state index in [0.29, 0.717) is 11.3 Å². The molecule has 1 amide bonds. The van der Waals surface area contributed by atoms with Crippen LogP contribution in [-0.2, 0) is 0 Å². The average Bonchev–Trinajstić information content (AvgIpc) is 2.90. The zero-order valence-corrected chi connectivity index (χ0v) is 9.83. The topological polar surface area (TPSA) is 54.0 Å². The zero-order valence-electron chi connectivity index (χ0n) is 9.01. The molecule has 0 radical (unpaired) electrons. The van der Waals surface area contributed by atoms with Gasteiger partial charge >= 0.3 is 0 Å². The lowest BCUT2D eigenvalue weighted by Crippen LogP contribution is -2.35. The predicted molar refractivity (Wildman–Crippen MR) is 68.2 cm³/mol. The van der Waals surface area contributed by atoms with E-state index in [2.05, 4.69) is 22.4 Å². The molecule has 0 aliphatic heterocycles. The lowest BCUT2D eigenvalue weighted by atomic mass is 10.2. The third-order valence-electron chi connectivity index (χ3n) is 2.09. The summed E-state index contributed by atoms with van der Waals surface area (Å²) in [4.78, 5) is 16.5. The Hall–Kier alpha value is -2.14. The second-order valence-electron chi connectivity index (χ2n) is 3.27. The molecule has 5 heteroatoms. The fourth-order valence-electron chi connectivity index (χ4n) is 1.22. The Morgan fingerprint density at radius 2 is 2.00 bits per heavy atom. The number of amides is 1. The molecule has 2 aromatic rings. The summed E-state index contributed by atoms with van der Waals surface area (Å²) in [6, 6.07) is 7.14. The van der Waals surface area contributed by atoms with Crippen LogP contribution in [-0.4, -0.2) is 10.9 Å². The molecule has 2 aromatic heterocycles. The van der Waals surface area contributed by atoms with Crippen LogP contribution in [0.4, 0.5) is 0 Å². The summed E-state index contributed by atoms with van der Waals surface area (Å²) >= 11 is 1.56. The van der Waals surface area contributed by atoms with Crippen LogP contribution in [0, 0.1) is 0 Å². The fourth-order valence-corrected chi connectivity index (χ4v) is 1.87. The van der Waals surface area contributed by atoms with Crippen LogP contribution in [0.2, 0.25) is 0 Å². The lowest BCUT2D eigenvalue weighted by Gasteiger charge is -2.09. The molecule has 0 saturated heterocycles. The molecule has 0 aromatic carbocycles. The van der Waals surface area contributed by atoms with E-state index >= 15 is 0 Å². The van der Waals surface area contributed by atoms with Crippen LogP contribution in [0.25, 0.3) is 5.70 Å². The van der Waals surface area contributed by atoms with Crippen LogP contribution in [0.5, 0.6) is 0 Å². The number of thiophene rings is 1. The summed E-state index contributed by atoms with van der Waals surface area (Å²) in [6.07, 6.45) is 3.14. The standard InChI is InChI=1S/C12H11N3OS/c1-9(11-3-2-8-17-11)14-15-12(16)10-4-6-13-7-5-10/h2-8,14H,1H2,(H,15,16). The summed E-state index contributed by atoms with van der Waals surface area (Å²) in [7, 11) is 0. The number of aromatic nitrogens is 1. The summed E-state index contributed by atoms with van der Waals surface area (Å²) < 4.78 is 0. The highest BCUT2D eigenvalue weighted by Crippen LogP contribution is 2.14. The number of nitrogens with one attached hydrogen (secondary N) is 2. The van der Waals surface area contributed by atoms with Crippen molar-refractivity contribution in [2.45, 2.75) is 0 Å². The van der Waals surface area contributed by atoms with Crippen LogP contribution < -0.4 is 10.9 Å². The Kier molecular flexibility index (Phi) is 3.52. The quantitative estimate of drug-likeness (QED) is 0.811. The first-order valence-electron chi connectivity index (χ1n) is 4.96. The van der Waals surface area contributed by atoms with Gasteiger partial charge in [0.2, 0.25) is 0 Å². The fraction of sp³-hybridized carbons (Fsp3) is 0. The molecular weight excluding hydrogens is 234 g/mol. The molecule has 2 N–H and O–H groups in total. The van der Waals surface area contributed by atoms with Crippen molar-refractivity contribution in [1.29, 1.82) is 0 Å². The van der Waals surface area contributed by atoms with E-state index in [4.69, 9.17) is 0 Å². The van der Waals surface area contributed by atoms with Gasteiger partial charge in [0.15, 0.2) is 0 Å². The third kappa shape index (κ3) is 2.92. The minimum absolute atomic E-state index is 0.217. The predicted octanol–water partition coefficient (Wildman–Crippen LogP) is 2.05. The van der Waals surface area contributed by atoms with Gasteiger partial charge < -0.3 is 0 Å². The molecule has 86 valence electrons. The summed E-state index contributed by atoms with van der Waals surface area (Å²) in [5, 5.41) is 1.95. The molecule has 0 aliphatic carbocycles. The van der Waals surface area contributed by atoms with E-state index in [-0.39, 0.29) is 5.91 Å². The Labute approximate surface area is 103 Å². The molecule has 0 fully saturated rings. The highest BCUT2D eigenvalue weighted by molar-refractivity contribution is 7.11. The van der Waals surface area contributed by atoms with Gasteiger partial charge in [0.1, 0.15) is 0 Å². The van der Waals surface area contributed by atoms with Crippen molar-refractivity contribution in [2.24, 2.45) is 0 Å². The number of pyridine rings is 1. The maximum absolute atomic E-state index is 11.7. The molecule has 0 spiro atoms. The van der Waals surface area contributed by atoms with Gasteiger partial charge in [-0.1, -0.05) is 12.6 Å². The highest BCUT2D eigenvalue weighted by Gasteiger charge is 2.05. The van der Waals surface area contributed by atoms with E-state index in [1.807, 2.05) is 17.5 Å². The molecule has 0 saturated carbocycles. The van der Waals surface area contributed by atoms with Gasteiger partial charge in [-0.2, -0.15) is 0 Å². The minimum atomic E-state index is -0.217. The highest BCUT2D eigenvalue weighted by atomic mass is 32.1. The third-order valence-corrected chi connectivity index (χ3v) is 3.02. The largest absolute Gasteiger partial charge is 0.298 e. The summed E-state index contributed by atoms with van der Waals surface area (Å²) in [5.74, 6) is -0.217. The first-order valence-corrected chi connectivity index (χ1v) is 5.84. The van der Waals surface area contributed by atoms with Crippen molar-refractivity contribution in [3.8, 4) is 0 Å². The van der Waals surface area contributed by atoms with E-state index in [1.165, 1.54) is 0 Å². The van der Waals surface area contributed by atoms with Gasteiger partial charge in [-0.25, -0.2) is 0 Å². The second kappa shape index (κ2) is 5.27. The molecule has 17 heavy (non-hydrogen) atoms. The smallest absolute Gasteiger partial charge is 0.269 e. The number of rotatable bonds is 4. The van der Waals surface area contributed by atoms with Crippen molar-refractivity contribution in [3.63, 3.8) is 0 Å². The molecule has 4 nitrogen and oxygen atoms in total. The van der Waals surface area contributed by atoms with Gasteiger partial charge in [-0.15, -0.1) is 11.3 Å². The van der Waals surface area contributed by atoms with Crippen molar-refractivity contribution in [3.05, 3.63) is 59.1 Å². The van der Waals surface area contributed by atoms with Gasteiger partial charge in [0.25, 0.3) is 5.91 Å². The summed E-state index contributed by atoms with van der Waals surface area (Å²) in [6.45, 7) is 3.84. The molecule has 0 aliphatic rings. The Balaban J connectivity index is 1.91. The molecule has 0 atom stereocenters. The molecule has 2 heterocycles. The summed E-state index contributed by atoms with van der Waals surface area (Å²) in [5.41, 5.74) is 6.57. The molecule has 0 unspecified atom stereocenters. The van der Waals surface area contributed by atoms with Crippen molar-refractivity contribution >= 4 is 22.9 Å². The van der Waals surface area contributed by atoms with Crippen LogP contribution in [0.15, 0.2) is 48.6 Å². The van der Waals surface area contributed by atoms with Gasteiger partial charge in [0, 0.05) is 18.0 Å². The van der Waals surface area contributed by atoms with Gasteiger partial charge in [0.05, 0.1) is 10.6 Å². The van der Waals surface area contributed by atoms with Crippen LogP contribution in [0.3, 0.4) is 0 Å². The molecule has 2 rings (SSSR count). The number of hydrogen-bond donors (Lipinski definition) is 2. The second-order valence-corrected chi connectivity index (χ2v) is 4.22. The minimum Gasteiger partial charge on any atom is -0.298 e. The van der Waals surface area contributed by atoms with Crippen molar-refractivity contribution in [2.75, 3.05) is 0 Å². The first-order chi connectivity index (χ1) is 8.27. The van der Waals surface area contributed by atoms with Crippen LogP contribution in [0.1, 0.15) is 15.2 Å². The van der Waals surface area contributed by atoms with E-state index in [0.717, 1.165) is 4.88 Å². The lowest BCUT2D eigenvalue weighted by molar-refractivity contribution is 0.0942. The normalized spacial score (nSPS) is 9.65.